The maximum atomic E-state index is 11.9. The van der Waals surface area contributed by atoms with Gasteiger partial charge in [0.1, 0.15) is 5.15 Å². The van der Waals surface area contributed by atoms with E-state index in [4.69, 9.17) is 11.6 Å². The van der Waals surface area contributed by atoms with Crippen LogP contribution in [0.5, 0.6) is 0 Å². The lowest BCUT2D eigenvalue weighted by Crippen LogP contribution is -2.38. The van der Waals surface area contributed by atoms with Crippen LogP contribution in [0, 0.1) is 0 Å². The van der Waals surface area contributed by atoms with Crippen LogP contribution < -0.4 is 11.2 Å². The zero-order chi connectivity index (χ0) is 12.4. The van der Waals surface area contributed by atoms with Crippen molar-refractivity contribution in [2.45, 2.75) is 6.54 Å². The van der Waals surface area contributed by atoms with E-state index in [2.05, 4.69) is 0 Å². The maximum Gasteiger partial charge on any atom is 0.332 e. The quantitative estimate of drug-likeness (QED) is 0.753. The number of benzene rings is 1. The molecule has 0 aliphatic heterocycles. The predicted octanol–water partition coefficient (Wildman–Crippen LogP) is 1.25. The summed E-state index contributed by atoms with van der Waals surface area (Å²) >= 11 is 5.74. The van der Waals surface area contributed by atoms with Crippen LogP contribution in [0.25, 0.3) is 0 Å². The van der Waals surface area contributed by atoms with Gasteiger partial charge in [-0.3, -0.25) is 13.9 Å². The molecule has 88 valence electrons. The van der Waals surface area contributed by atoms with Gasteiger partial charge in [-0.15, -0.1) is 0 Å². The number of nitrogens with zero attached hydrogens (tertiary/aromatic N) is 2. The monoisotopic (exact) mass is 250 g/mol. The lowest BCUT2D eigenvalue weighted by molar-refractivity contribution is 0.640. The molecule has 0 radical (unpaired) electrons. The Hall–Kier alpha value is -1.81. The highest BCUT2D eigenvalue weighted by atomic mass is 35.5. The standard InChI is InChI=1S/C12H11ClN2O2/c1-14-10(13)7-11(16)15(12(14)17)8-9-5-3-2-4-6-9/h2-7H,8H2,1H3. The molecule has 1 aromatic heterocycles. The zero-order valence-corrected chi connectivity index (χ0v) is 10.0. The first-order valence-electron chi connectivity index (χ1n) is 5.10. The lowest BCUT2D eigenvalue weighted by Gasteiger charge is -2.07. The minimum atomic E-state index is -0.411. The molecule has 0 spiro atoms. The van der Waals surface area contributed by atoms with Crippen molar-refractivity contribution in [2.75, 3.05) is 0 Å². The number of halogens is 1. The molecular formula is C12H11ClN2O2. The molecule has 0 saturated carbocycles. The number of rotatable bonds is 2. The number of hydrogen-bond donors (Lipinski definition) is 0. The molecule has 0 aliphatic rings. The van der Waals surface area contributed by atoms with E-state index in [1.165, 1.54) is 17.7 Å². The average Bonchev–Trinajstić information content (AvgIpc) is 2.33. The van der Waals surface area contributed by atoms with Gasteiger partial charge in [-0.05, 0) is 5.56 Å². The third-order valence-electron chi connectivity index (χ3n) is 2.53. The van der Waals surface area contributed by atoms with Gasteiger partial charge in [0, 0.05) is 13.1 Å². The van der Waals surface area contributed by atoms with Gasteiger partial charge in [0.2, 0.25) is 0 Å². The normalized spacial score (nSPS) is 10.5. The van der Waals surface area contributed by atoms with Crippen LogP contribution in [0.2, 0.25) is 5.15 Å². The Bertz CT molecular complexity index is 644. The van der Waals surface area contributed by atoms with Gasteiger partial charge in [-0.2, -0.15) is 0 Å². The summed E-state index contributed by atoms with van der Waals surface area (Å²) in [5, 5.41) is 0.143. The fourth-order valence-electron chi connectivity index (χ4n) is 1.55. The van der Waals surface area contributed by atoms with E-state index >= 15 is 0 Å². The molecule has 0 amide bonds. The Morgan fingerprint density at radius 1 is 1.18 bits per heavy atom. The van der Waals surface area contributed by atoms with Crippen molar-refractivity contribution in [3.63, 3.8) is 0 Å². The molecule has 0 atom stereocenters. The summed E-state index contributed by atoms with van der Waals surface area (Å²) in [6, 6.07) is 10.6. The highest BCUT2D eigenvalue weighted by molar-refractivity contribution is 6.29. The summed E-state index contributed by atoms with van der Waals surface area (Å²) in [6.07, 6.45) is 0. The van der Waals surface area contributed by atoms with Crippen LogP contribution >= 0.6 is 11.6 Å². The van der Waals surface area contributed by atoms with E-state index < -0.39 is 5.69 Å². The maximum absolute atomic E-state index is 11.9. The van der Waals surface area contributed by atoms with E-state index in [0.29, 0.717) is 0 Å². The molecule has 0 bridgehead atoms. The molecule has 1 aromatic carbocycles. The van der Waals surface area contributed by atoms with Gasteiger partial charge >= 0.3 is 5.69 Å². The second-order valence-corrected chi connectivity index (χ2v) is 4.11. The summed E-state index contributed by atoms with van der Waals surface area (Å²) < 4.78 is 2.40. The fourth-order valence-corrected chi connectivity index (χ4v) is 1.72. The average molecular weight is 251 g/mol. The minimum Gasteiger partial charge on any atom is -0.287 e. The second kappa shape index (κ2) is 4.59. The zero-order valence-electron chi connectivity index (χ0n) is 9.26. The molecule has 5 heteroatoms. The van der Waals surface area contributed by atoms with Crippen molar-refractivity contribution >= 4 is 11.6 Å². The fraction of sp³-hybridized carbons (Fsp3) is 0.167. The van der Waals surface area contributed by atoms with E-state index in [1.807, 2.05) is 30.3 Å². The first-order chi connectivity index (χ1) is 8.09. The van der Waals surface area contributed by atoms with Crippen LogP contribution in [-0.2, 0) is 13.6 Å². The lowest BCUT2D eigenvalue weighted by atomic mass is 10.2. The van der Waals surface area contributed by atoms with Crippen LogP contribution in [-0.4, -0.2) is 9.13 Å². The minimum absolute atomic E-state index is 0.143. The first-order valence-corrected chi connectivity index (χ1v) is 5.47. The third-order valence-corrected chi connectivity index (χ3v) is 2.89. The summed E-state index contributed by atoms with van der Waals surface area (Å²) in [6.45, 7) is 0.253. The predicted molar refractivity (Wildman–Crippen MR) is 66.5 cm³/mol. The SMILES string of the molecule is Cn1c(Cl)cc(=O)n(Cc2ccccc2)c1=O. The molecule has 0 unspecified atom stereocenters. The number of hydrogen-bond acceptors (Lipinski definition) is 2. The van der Waals surface area contributed by atoms with Crippen molar-refractivity contribution in [2.24, 2.45) is 7.05 Å². The second-order valence-electron chi connectivity index (χ2n) is 3.72. The van der Waals surface area contributed by atoms with E-state index in [0.717, 1.165) is 10.1 Å². The molecule has 0 N–H and O–H groups in total. The topological polar surface area (TPSA) is 44.0 Å². The molecule has 0 saturated heterocycles. The van der Waals surface area contributed by atoms with Crippen molar-refractivity contribution in [1.82, 2.24) is 9.13 Å². The smallest absolute Gasteiger partial charge is 0.287 e. The third kappa shape index (κ3) is 2.31. The van der Waals surface area contributed by atoms with E-state index in [-0.39, 0.29) is 17.3 Å². The van der Waals surface area contributed by atoms with Crippen LogP contribution in [0.4, 0.5) is 0 Å². The van der Waals surface area contributed by atoms with Gasteiger partial charge in [-0.1, -0.05) is 41.9 Å². The number of aromatic nitrogens is 2. The molecule has 17 heavy (non-hydrogen) atoms. The summed E-state index contributed by atoms with van der Waals surface area (Å²) in [5.74, 6) is 0. The Kier molecular flexibility index (Phi) is 3.15. The molecule has 4 nitrogen and oxygen atoms in total. The van der Waals surface area contributed by atoms with Gasteiger partial charge in [0.25, 0.3) is 5.56 Å². The van der Waals surface area contributed by atoms with Gasteiger partial charge in [-0.25, -0.2) is 4.79 Å². The van der Waals surface area contributed by atoms with Crippen LogP contribution in [0.15, 0.2) is 46.0 Å². The molecule has 1 heterocycles. The Morgan fingerprint density at radius 3 is 2.47 bits per heavy atom. The summed E-state index contributed by atoms with van der Waals surface area (Å²) in [5.41, 5.74) is 0.0994. The molecule has 0 aliphatic carbocycles. The first kappa shape index (κ1) is 11.7. The van der Waals surface area contributed by atoms with Gasteiger partial charge in [0.05, 0.1) is 6.54 Å². The molecule has 2 rings (SSSR count). The van der Waals surface area contributed by atoms with Crippen molar-refractivity contribution < 1.29 is 0 Å². The highest BCUT2D eigenvalue weighted by Gasteiger charge is 2.07. The molecular weight excluding hydrogens is 240 g/mol. The van der Waals surface area contributed by atoms with Crippen LogP contribution in [0.3, 0.4) is 0 Å². The Labute approximate surface area is 103 Å². The highest BCUT2D eigenvalue weighted by Crippen LogP contribution is 2.01. The van der Waals surface area contributed by atoms with E-state index in [1.54, 1.807) is 0 Å². The van der Waals surface area contributed by atoms with E-state index in [9.17, 15) is 9.59 Å². The molecule has 0 fully saturated rings. The summed E-state index contributed by atoms with van der Waals surface area (Å²) in [7, 11) is 1.53. The van der Waals surface area contributed by atoms with Crippen molar-refractivity contribution in [3.05, 3.63) is 68.0 Å². The van der Waals surface area contributed by atoms with Gasteiger partial charge in [0.15, 0.2) is 0 Å². The van der Waals surface area contributed by atoms with Crippen molar-refractivity contribution in [1.29, 1.82) is 0 Å². The Balaban J connectivity index is 2.51. The molecule has 2 aromatic rings. The van der Waals surface area contributed by atoms with Gasteiger partial charge < -0.3 is 0 Å². The van der Waals surface area contributed by atoms with Crippen LogP contribution in [0.1, 0.15) is 5.56 Å². The Morgan fingerprint density at radius 2 is 1.82 bits per heavy atom. The largest absolute Gasteiger partial charge is 0.332 e. The van der Waals surface area contributed by atoms with Crippen molar-refractivity contribution in [3.8, 4) is 0 Å². The summed E-state index contributed by atoms with van der Waals surface area (Å²) in [4.78, 5) is 23.5.